The number of ether oxygens (including phenoxy) is 1. The lowest BCUT2D eigenvalue weighted by Gasteiger charge is -1.97. The lowest BCUT2D eigenvalue weighted by molar-refractivity contribution is -0.136. The zero-order valence-corrected chi connectivity index (χ0v) is 10.2. The van der Waals surface area contributed by atoms with Crippen molar-refractivity contribution in [3.8, 4) is 11.8 Å². The maximum atomic E-state index is 11.0. The Morgan fingerprint density at radius 2 is 2.27 bits per heavy atom. The summed E-state index contributed by atoms with van der Waals surface area (Å²) in [5.74, 6) is 4.73. The highest BCUT2D eigenvalue weighted by atomic mass is 79.9. The Labute approximate surface area is 97.8 Å². The van der Waals surface area contributed by atoms with Crippen molar-refractivity contribution in [3.05, 3.63) is 33.8 Å². The number of carbonyl (C=O) groups is 1. The molecule has 0 bridgehead atoms. The summed E-state index contributed by atoms with van der Waals surface area (Å²) in [4.78, 5) is 11.0. The molecule has 0 amide bonds. The molecule has 0 aliphatic rings. The normalized spacial score (nSPS) is 9.00. The monoisotopic (exact) mass is 266 g/mol. The maximum Gasteiger partial charge on any atom is 0.384 e. The predicted octanol–water partition coefficient (Wildman–Crippen LogP) is 2.67. The van der Waals surface area contributed by atoms with Crippen LogP contribution in [-0.2, 0) is 9.53 Å². The minimum atomic E-state index is -0.486. The summed E-state index contributed by atoms with van der Waals surface area (Å²) in [5.41, 5.74) is 1.87. The lowest BCUT2D eigenvalue weighted by Crippen LogP contribution is -1.99. The maximum absolute atomic E-state index is 11.0. The topological polar surface area (TPSA) is 26.3 Å². The smallest absolute Gasteiger partial charge is 0.384 e. The first-order valence-corrected chi connectivity index (χ1v) is 5.37. The Hall–Kier alpha value is -1.27. The fourth-order valence-electron chi connectivity index (χ4n) is 1.05. The molecule has 0 spiro atoms. The largest absolute Gasteiger partial charge is 0.456 e. The standard InChI is InChI=1S/C12H11BrO2/c1-3-15-12(14)7-5-10-4-6-11(13)8-9(10)2/h4,6,8H,3H2,1-2H3. The van der Waals surface area contributed by atoms with E-state index in [0.29, 0.717) is 6.61 Å². The van der Waals surface area contributed by atoms with Gasteiger partial charge in [-0.05, 0) is 37.6 Å². The molecule has 0 saturated heterocycles. The fraction of sp³-hybridized carbons (Fsp3) is 0.250. The number of hydrogen-bond donors (Lipinski definition) is 0. The molecule has 1 aromatic rings. The van der Waals surface area contributed by atoms with Crippen molar-refractivity contribution in [3.63, 3.8) is 0 Å². The Morgan fingerprint density at radius 3 is 2.87 bits per heavy atom. The second-order valence-electron chi connectivity index (χ2n) is 2.93. The van der Waals surface area contributed by atoms with Crippen molar-refractivity contribution in [1.82, 2.24) is 0 Å². The summed E-state index contributed by atoms with van der Waals surface area (Å²) in [6.07, 6.45) is 0. The van der Waals surface area contributed by atoms with Gasteiger partial charge in [0.25, 0.3) is 0 Å². The van der Waals surface area contributed by atoms with Crippen LogP contribution in [0.5, 0.6) is 0 Å². The van der Waals surface area contributed by atoms with Crippen LogP contribution in [-0.4, -0.2) is 12.6 Å². The second-order valence-corrected chi connectivity index (χ2v) is 3.85. The van der Waals surface area contributed by atoms with Crippen LogP contribution in [0.3, 0.4) is 0 Å². The molecule has 0 unspecified atom stereocenters. The quantitative estimate of drug-likeness (QED) is 0.577. The van der Waals surface area contributed by atoms with Crippen LogP contribution in [0.25, 0.3) is 0 Å². The first-order valence-electron chi connectivity index (χ1n) is 4.58. The molecule has 15 heavy (non-hydrogen) atoms. The van der Waals surface area contributed by atoms with Gasteiger partial charge in [-0.1, -0.05) is 21.9 Å². The molecule has 0 atom stereocenters. The third-order valence-corrected chi connectivity index (χ3v) is 2.26. The van der Waals surface area contributed by atoms with E-state index in [9.17, 15) is 4.79 Å². The minimum absolute atomic E-state index is 0.354. The summed E-state index contributed by atoms with van der Waals surface area (Å²) >= 11 is 3.36. The molecule has 1 rings (SSSR count). The van der Waals surface area contributed by atoms with Crippen molar-refractivity contribution in [2.24, 2.45) is 0 Å². The van der Waals surface area contributed by atoms with Gasteiger partial charge in [0.1, 0.15) is 0 Å². The molecule has 78 valence electrons. The van der Waals surface area contributed by atoms with Gasteiger partial charge in [-0.3, -0.25) is 0 Å². The fourth-order valence-corrected chi connectivity index (χ4v) is 1.53. The first-order chi connectivity index (χ1) is 7.13. The van der Waals surface area contributed by atoms with E-state index in [2.05, 4.69) is 27.8 Å². The molecule has 0 aromatic heterocycles. The summed E-state index contributed by atoms with van der Waals surface area (Å²) in [6.45, 7) is 4.05. The predicted molar refractivity (Wildman–Crippen MR) is 62.4 cm³/mol. The van der Waals surface area contributed by atoms with Gasteiger partial charge in [-0.15, -0.1) is 0 Å². The number of halogens is 1. The highest BCUT2D eigenvalue weighted by molar-refractivity contribution is 9.10. The third-order valence-electron chi connectivity index (χ3n) is 1.76. The summed E-state index contributed by atoms with van der Waals surface area (Å²) in [7, 11) is 0. The molecular formula is C12H11BrO2. The van der Waals surface area contributed by atoms with E-state index in [1.807, 2.05) is 25.1 Å². The van der Waals surface area contributed by atoms with E-state index in [-0.39, 0.29) is 0 Å². The van der Waals surface area contributed by atoms with Gasteiger partial charge in [-0.2, -0.15) is 0 Å². The number of benzene rings is 1. The summed E-state index contributed by atoms with van der Waals surface area (Å²) in [5, 5.41) is 0. The van der Waals surface area contributed by atoms with Crippen LogP contribution >= 0.6 is 15.9 Å². The van der Waals surface area contributed by atoms with Crippen molar-refractivity contribution < 1.29 is 9.53 Å². The second kappa shape index (κ2) is 5.57. The van der Waals surface area contributed by atoms with Gasteiger partial charge in [0.05, 0.1) is 6.61 Å². The van der Waals surface area contributed by atoms with Gasteiger partial charge in [0.2, 0.25) is 0 Å². The molecule has 0 aliphatic carbocycles. The number of carbonyl (C=O) groups excluding carboxylic acids is 1. The minimum Gasteiger partial charge on any atom is -0.456 e. The van der Waals surface area contributed by atoms with Crippen molar-refractivity contribution in [1.29, 1.82) is 0 Å². The van der Waals surface area contributed by atoms with Crippen molar-refractivity contribution >= 4 is 21.9 Å². The molecular weight excluding hydrogens is 256 g/mol. The number of rotatable bonds is 1. The van der Waals surface area contributed by atoms with Crippen LogP contribution < -0.4 is 0 Å². The molecule has 0 aliphatic heterocycles. The highest BCUT2D eigenvalue weighted by Crippen LogP contribution is 2.14. The van der Waals surface area contributed by atoms with E-state index in [1.165, 1.54) is 0 Å². The van der Waals surface area contributed by atoms with Gasteiger partial charge in [0.15, 0.2) is 0 Å². The van der Waals surface area contributed by atoms with Crippen LogP contribution in [0.4, 0.5) is 0 Å². The van der Waals surface area contributed by atoms with Crippen molar-refractivity contribution in [2.45, 2.75) is 13.8 Å². The van der Waals surface area contributed by atoms with E-state index >= 15 is 0 Å². The summed E-state index contributed by atoms with van der Waals surface area (Å²) < 4.78 is 5.71. The Kier molecular flexibility index (Phi) is 4.38. The lowest BCUT2D eigenvalue weighted by atomic mass is 10.1. The molecule has 2 nitrogen and oxygen atoms in total. The third kappa shape index (κ3) is 3.77. The Morgan fingerprint density at radius 1 is 1.53 bits per heavy atom. The van der Waals surface area contributed by atoms with Crippen LogP contribution in [0.15, 0.2) is 22.7 Å². The van der Waals surface area contributed by atoms with Crippen LogP contribution in [0.1, 0.15) is 18.1 Å². The summed E-state index contributed by atoms with van der Waals surface area (Å²) in [6, 6.07) is 5.71. The van der Waals surface area contributed by atoms with Gasteiger partial charge < -0.3 is 4.74 Å². The van der Waals surface area contributed by atoms with Gasteiger partial charge >= 0.3 is 5.97 Å². The number of hydrogen-bond acceptors (Lipinski definition) is 2. The van der Waals surface area contributed by atoms with Gasteiger partial charge in [0, 0.05) is 16.0 Å². The molecule has 0 radical (unpaired) electrons. The van der Waals surface area contributed by atoms with Crippen LogP contribution in [0.2, 0.25) is 0 Å². The zero-order valence-electron chi connectivity index (χ0n) is 8.63. The molecule has 0 N–H and O–H groups in total. The first kappa shape index (κ1) is 11.8. The van der Waals surface area contributed by atoms with E-state index in [4.69, 9.17) is 4.74 Å². The number of aryl methyl sites for hydroxylation is 1. The average Bonchev–Trinajstić information content (AvgIpc) is 2.17. The molecule has 0 saturated carbocycles. The Bertz CT molecular complexity index is 427. The van der Waals surface area contributed by atoms with E-state index in [0.717, 1.165) is 15.6 Å². The molecule has 3 heteroatoms. The highest BCUT2D eigenvalue weighted by Gasteiger charge is 1.97. The SMILES string of the molecule is CCOC(=O)C#Cc1ccc(Br)cc1C. The molecule has 1 aromatic carbocycles. The van der Waals surface area contributed by atoms with Gasteiger partial charge in [-0.25, -0.2) is 4.79 Å². The van der Waals surface area contributed by atoms with E-state index < -0.39 is 5.97 Å². The zero-order chi connectivity index (χ0) is 11.3. The van der Waals surface area contributed by atoms with Crippen LogP contribution in [0, 0.1) is 18.8 Å². The molecule has 0 heterocycles. The average molecular weight is 267 g/mol. The Balaban J connectivity index is 2.84. The van der Waals surface area contributed by atoms with Crippen molar-refractivity contribution in [2.75, 3.05) is 6.61 Å². The molecule has 0 fully saturated rings. The number of esters is 1. The van der Waals surface area contributed by atoms with E-state index in [1.54, 1.807) is 6.92 Å².